The summed E-state index contributed by atoms with van der Waals surface area (Å²) in [6.45, 7) is 13.8. The van der Waals surface area contributed by atoms with E-state index in [1.165, 1.54) is 32.9 Å². The number of methoxy groups -OCH3 is 1. The van der Waals surface area contributed by atoms with Gasteiger partial charge in [0, 0.05) is 56.6 Å². The number of hydroxylamine groups is 1. The summed E-state index contributed by atoms with van der Waals surface area (Å²) in [6, 6.07) is 0.238. The molecule has 0 aromatic heterocycles. The molecular weight excluding hydrogens is 779 g/mol. The fourth-order valence-electron chi connectivity index (χ4n) is 5.85. The first-order chi connectivity index (χ1) is 27.6. The Hall–Kier alpha value is -1.25. The Bertz CT molecular complexity index is 951. The molecule has 0 rings (SSSR count). The molecule has 346 valence electrons. The zero-order chi connectivity index (χ0) is 42.2. The van der Waals surface area contributed by atoms with Crippen LogP contribution in [0, 0.1) is 0 Å². The van der Waals surface area contributed by atoms with E-state index >= 15 is 0 Å². The molecular formula is C41H89N9O6S2. The van der Waals surface area contributed by atoms with Crippen LogP contribution in [0.25, 0.3) is 0 Å². The van der Waals surface area contributed by atoms with E-state index in [1.807, 2.05) is 14.1 Å². The Kier molecular flexibility index (Phi) is 44.5. The second-order valence-corrected chi connectivity index (χ2v) is 17.6. The molecule has 0 aliphatic heterocycles. The smallest absolute Gasteiger partial charge is 0.305 e. The van der Waals surface area contributed by atoms with Crippen LogP contribution in [0.4, 0.5) is 0 Å². The summed E-state index contributed by atoms with van der Waals surface area (Å²) >= 11 is 0. The van der Waals surface area contributed by atoms with Crippen molar-refractivity contribution in [3.63, 3.8) is 0 Å². The monoisotopic (exact) mass is 868 g/mol. The second-order valence-electron chi connectivity index (χ2n) is 14.9. The maximum Gasteiger partial charge on any atom is 0.305 e. The molecule has 0 fully saturated rings. The summed E-state index contributed by atoms with van der Waals surface area (Å²) in [7, 11) is 15.3. The van der Waals surface area contributed by atoms with Crippen LogP contribution in [0.3, 0.4) is 0 Å². The normalized spacial score (nSPS) is 12.5. The largest absolute Gasteiger partial charge is 0.469 e. The van der Waals surface area contributed by atoms with Crippen molar-refractivity contribution in [1.82, 2.24) is 46.8 Å². The van der Waals surface area contributed by atoms with Gasteiger partial charge >= 0.3 is 5.97 Å². The fourth-order valence-corrected chi connectivity index (χ4v) is 7.67. The molecule has 0 saturated heterocycles. The van der Waals surface area contributed by atoms with Crippen LogP contribution in [0.2, 0.25) is 0 Å². The number of hydrogen-bond acceptors (Lipinski definition) is 15. The van der Waals surface area contributed by atoms with E-state index in [-0.39, 0.29) is 44.0 Å². The summed E-state index contributed by atoms with van der Waals surface area (Å²) < 4.78 is 10.7. The van der Waals surface area contributed by atoms with Crippen molar-refractivity contribution in [3.8, 4) is 0 Å². The Morgan fingerprint density at radius 2 is 1.24 bits per heavy atom. The number of amides is 2. The van der Waals surface area contributed by atoms with Gasteiger partial charge in [0.25, 0.3) is 0 Å². The highest BCUT2D eigenvalue weighted by molar-refractivity contribution is 8.76. The summed E-state index contributed by atoms with van der Waals surface area (Å²) in [6.07, 6.45) is 10.6. The van der Waals surface area contributed by atoms with Crippen LogP contribution in [0.5, 0.6) is 0 Å². The van der Waals surface area contributed by atoms with Crippen molar-refractivity contribution in [2.75, 3.05) is 146 Å². The number of unbranched alkanes of at least 4 members (excludes halogenated alkanes) is 3. The first-order valence-corrected chi connectivity index (χ1v) is 24.0. The number of nitrogens with one attached hydrogen (secondary N) is 6. The average Bonchev–Trinajstić information content (AvgIpc) is 3.18. The highest BCUT2D eigenvalue weighted by Crippen LogP contribution is 2.21. The van der Waals surface area contributed by atoms with Crippen LogP contribution in [0.1, 0.15) is 91.4 Å². The molecule has 0 aliphatic carbocycles. The van der Waals surface area contributed by atoms with E-state index in [4.69, 9.17) is 9.57 Å². The van der Waals surface area contributed by atoms with Crippen molar-refractivity contribution in [3.05, 3.63) is 0 Å². The number of nitrogens with zero attached hydrogens (tertiary/aromatic N) is 3. The molecule has 0 saturated carbocycles. The number of carbonyl (C=O) groups is 3. The third-order valence-electron chi connectivity index (χ3n) is 9.38. The van der Waals surface area contributed by atoms with Gasteiger partial charge in [0.05, 0.1) is 19.8 Å². The minimum atomic E-state index is -0.201. The molecule has 0 spiro atoms. The molecule has 15 nitrogen and oxygen atoms in total. The lowest BCUT2D eigenvalue weighted by Crippen LogP contribution is -2.39. The fraction of sp³-hybridized carbons (Fsp3) is 0.927. The van der Waals surface area contributed by atoms with Crippen LogP contribution >= 0.6 is 21.6 Å². The Morgan fingerprint density at radius 1 is 0.638 bits per heavy atom. The maximum atomic E-state index is 12.4. The molecule has 2 atom stereocenters. The van der Waals surface area contributed by atoms with Gasteiger partial charge < -0.3 is 55.6 Å². The number of rotatable bonds is 43. The molecule has 2 unspecified atom stereocenters. The molecule has 0 aromatic rings. The van der Waals surface area contributed by atoms with Crippen LogP contribution in [-0.2, 0) is 28.7 Å². The summed E-state index contributed by atoms with van der Waals surface area (Å²) in [5, 5.41) is 15.9. The average molecular weight is 868 g/mol. The van der Waals surface area contributed by atoms with Gasteiger partial charge in [0.2, 0.25) is 11.8 Å². The van der Waals surface area contributed by atoms with Crippen LogP contribution in [-0.4, -0.2) is 190 Å². The summed E-state index contributed by atoms with van der Waals surface area (Å²) in [4.78, 5) is 48.7. The van der Waals surface area contributed by atoms with Crippen LogP contribution < -0.4 is 32.1 Å². The predicted octanol–water partition coefficient (Wildman–Crippen LogP) is 3.21. The van der Waals surface area contributed by atoms with Gasteiger partial charge in [-0.3, -0.25) is 14.4 Å². The lowest BCUT2D eigenvalue weighted by atomic mass is 10.2. The van der Waals surface area contributed by atoms with Crippen molar-refractivity contribution in [2.24, 2.45) is 0 Å². The van der Waals surface area contributed by atoms with Gasteiger partial charge in [-0.2, -0.15) is 0 Å². The quantitative estimate of drug-likeness (QED) is 0.0230. The number of hydrogen-bond donors (Lipinski definition) is 6. The third-order valence-corrected chi connectivity index (χ3v) is 11.8. The second kappa shape index (κ2) is 43.8. The molecule has 2 amide bonds. The van der Waals surface area contributed by atoms with Crippen molar-refractivity contribution >= 4 is 39.4 Å². The van der Waals surface area contributed by atoms with Gasteiger partial charge in [0.1, 0.15) is 6.61 Å². The standard InChI is InChI=1S/C40H85N9O6S2.CH4/c1-36(43-25-18-37(34-49(6)30-14-21-42-3)54-35-39(51)44-22-10-8-9-16-40(52)53-7)17-24-45-38(50)19-32-56-57-33-31-55-46-23-15-29-48(5)27-12-11-26-47(4)28-13-20-41-2;/h36-37,41-43,46H,8-35H2,1-7H3,(H,44,51)(H,45,50);1H4. The zero-order valence-corrected chi connectivity index (χ0v) is 38.7. The lowest BCUT2D eigenvalue weighted by Gasteiger charge is -2.25. The van der Waals surface area contributed by atoms with Crippen molar-refractivity contribution in [1.29, 1.82) is 0 Å². The number of esters is 1. The minimum Gasteiger partial charge on any atom is -0.469 e. The van der Waals surface area contributed by atoms with E-state index in [0.717, 1.165) is 115 Å². The van der Waals surface area contributed by atoms with Crippen molar-refractivity contribution < 1.29 is 28.7 Å². The first kappa shape index (κ1) is 58.8. The predicted molar refractivity (Wildman–Crippen MR) is 247 cm³/mol. The topological polar surface area (TPSA) is 161 Å². The zero-order valence-electron chi connectivity index (χ0n) is 37.1. The molecule has 0 bridgehead atoms. The van der Waals surface area contributed by atoms with Crippen molar-refractivity contribution in [2.45, 2.75) is 104 Å². The van der Waals surface area contributed by atoms with E-state index < -0.39 is 0 Å². The van der Waals surface area contributed by atoms with Gasteiger partial charge in [-0.25, -0.2) is 5.48 Å². The highest BCUT2D eigenvalue weighted by atomic mass is 33.1. The van der Waals surface area contributed by atoms with Gasteiger partial charge in [-0.1, -0.05) is 35.4 Å². The third kappa shape index (κ3) is 41.5. The SMILES string of the molecule is C.CNCCCN(C)CCCCN(C)CCCNOCCSSCCC(=O)NCCC(C)NCCC(CN(C)CCCNC)OCC(=O)NCCCCCC(=O)OC. The summed E-state index contributed by atoms with van der Waals surface area (Å²) in [5.41, 5.74) is 3.08. The highest BCUT2D eigenvalue weighted by Gasteiger charge is 2.15. The number of likely N-dealkylation sites (N-methyl/N-ethyl adjacent to an activating group) is 1. The molecule has 0 heterocycles. The van der Waals surface area contributed by atoms with Crippen LogP contribution in [0.15, 0.2) is 0 Å². The molecule has 6 N–H and O–H groups in total. The van der Waals surface area contributed by atoms with Gasteiger partial charge in [0.15, 0.2) is 0 Å². The number of ether oxygens (including phenoxy) is 2. The summed E-state index contributed by atoms with van der Waals surface area (Å²) in [5.74, 6) is 1.41. The lowest BCUT2D eigenvalue weighted by molar-refractivity contribution is -0.140. The van der Waals surface area contributed by atoms with E-state index in [9.17, 15) is 14.4 Å². The van der Waals surface area contributed by atoms with E-state index in [0.29, 0.717) is 32.5 Å². The Labute approximate surface area is 362 Å². The number of carbonyl (C=O) groups excluding carboxylic acids is 3. The molecule has 0 aliphatic rings. The molecule has 0 aromatic carbocycles. The van der Waals surface area contributed by atoms with Gasteiger partial charge in [-0.15, -0.1) is 0 Å². The minimum absolute atomic E-state index is 0. The van der Waals surface area contributed by atoms with E-state index in [1.54, 1.807) is 21.6 Å². The molecule has 58 heavy (non-hydrogen) atoms. The first-order valence-electron chi connectivity index (χ1n) is 21.5. The van der Waals surface area contributed by atoms with E-state index in [2.05, 4.69) is 79.6 Å². The molecule has 17 heteroatoms. The molecule has 0 radical (unpaired) electrons. The van der Waals surface area contributed by atoms with Gasteiger partial charge in [-0.05, 0) is 152 Å². The maximum absolute atomic E-state index is 12.4. The Morgan fingerprint density at radius 3 is 1.90 bits per heavy atom. The Balaban J connectivity index is 0.